The number of unbranched alkanes of at least 4 members (excludes halogenated alkanes) is 24. The summed E-state index contributed by atoms with van der Waals surface area (Å²) in [7, 11) is -9.82. The molecule has 0 aliphatic heterocycles. The van der Waals surface area contributed by atoms with Crippen LogP contribution in [0.1, 0.15) is 303 Å². The highest BCUT2D eigenvalue weighted by Crippen LogP contribution is 2.45. The zero-order chi connectivity index (χ0) is 76.6. The Kier molecular flexibility index (Phi) is 74.7. The average molecular weight is 1510 g/mol. The van der Waals surface area contributed by atoms with Crippen molar-refractivity contribution in [1.29, 1.82) is 0 Å². The molecule has 0 saturated carbocycles. The fourth-order valence-corrected chi connectivity index (χ4v) is 11.9. The molecule has 18 heteroatoms. The molecule has 0 fully saturated rings. The second-order valence-corrected chi connectivity index (χ2v) is 29.4. The predicted octanol–water partition coefficient (Wildman–Crippen LogP) is 24.0. The van der Waals surface area contributed by atoms with E-state index in [4.69, 9.17) is 32.3 Å². The van der Waals surface area contributed by atoms with Gasteiger partial charge in [-0.3, -0.25) is 32.5 Å². The van der Waals surface area contributed by atoms with Crippen LogP contribution in [0.3, 0.4) is 0 Å². The maximum Gasteiger partial charge on any atom is 0.472 e. The molecular weight excluding hydrogens is 1360 g/mol. The van der Waals surface area contributed by atoms with Gasteiger partial charge < -0.3 is 34.2 Å². The van der Waals surface area contributed by atoms with Gasteiger partial charge in [0.1, 0.15) is 25.4 Å². The van der Waals surface area contributed by atoms with E-state index in [9.17, 15) is 43.5 Å². The van der Waals surface area contributed by atoms with Crippen LogP contribution in [0.25, 0.3) is 0 Å². The van der Waals surface area contributed by atoms with Gasteiger partial charge in [-0.1, -0.05) is 313 Å². The zero-order valence-corrected chi connectivity index (χ0v) is 67.1. The summed E-state index contributed by atoms with van der Waals surface area (Å²) in [6.07, 6.45) is 100. The summed E-state index contributed by atoms with van der Waals surface area (Å²) in [5.74, 6) is -1.69. The van der Waals surface area contributed by atoms with Crippen LogP contribution in [0.15, 0.2) is 170 Å². The van der Waals surface area contributed by atoms with E-state index in [2.05, 4.69) is 173 Å². The van der Waals surface area contributed by atoms with Gasteiger partial charge in [0.05, 0.1) is 26.4 Å². The van der Waals surface area contributed by atoms with Gasteiger partial charge in [-0.05, 0) is 141 Å². The van der Waals surface area contributed by atoms with Crippen molar-refractivity contribution in [2.75, 3.05) is 39.6 Å². The Morgan fingerprint density at radius 3 is 0.857 bits per heavy atom. The SMILES string of the molecule is CC/C=C\C/C=C\C/C=C\C/C=C\C/C=C\C/C=C\CCCCCCCCCCCCCCCCCCC(=O)OCC(O)COP(=O)(O)OCC(O)COP(=O)(O)OCC(COC(=O)CC/C=C\C/C=C\C/C=C\C/C=C\C/C=C\C/C=C\CC)OC(=O)CCCCCCC/C=C\C/C=C\CCCCC. The van der Waals surface area contributed by atoms with E-state index in [1.807, 2.05) is 18.2 Å². The number of allylic oxidation sites excluding steroid dienone is 28. The molecule has 0 aromatic rings. The van der Waals surface area contributed by atoms with Crippen molar-refractivity contribution in [1.82, 2.24) is 0 Å². The minimum absolute atomic E-state index is 0.0377. The summed E-state index contributed by atoms with van der Waals surface area (Å²) in [6, 6.07) is 0. The molecule has 0 radical (unpaired) electrons. The van der Waals surface area contributed by atoms with E-state index in [0.29, 0.717) is 25.7 Å². The molecule has 0 heterocycles. The van der Waals surface area contributed by atoms with Crippen LogP contribution in [0.5, 0.6) is 0 Å². The van der Waals surface area contributed by atoms with E-state index in [1.165, 1.54) is 103 Å². The standard InChI is InChI=1S/C87H144O16P2/c1-4-7-10-13-16-19-22-25-28-30-32-33-34-35-36-37-38-39-40-41-42-43-44-45-46-47-49-51-53-55-58-61-64-67-70-73-85(90)97-76-82(88)77-99-104(93,94)100-78-83(89)79-101-105(95,96)102-81-84(103-87(92)75-72-69-66-63-60-57-52-27-24-21-18-15-12-9-6-3)80-98-86(91)74-71-68-65-62-59-56-54-50-48-31-29-26-23-20-17-14-11-8-5-2/h7-8,10-11,16-21,25-29,32-33,35-36,38-39,48,50,52,56,59,65,68,82-84,88-89H,4-6,9,12-15,22-24,30-31,34,37,40-47,49,51,53-55,57-58,60-64,66-67,69-81H2,1-3H3,(H,93,94)(H,95,96)/b10-7-,11-8-,19-16-,20-17-,21-18-,28-25-,29-26-,33-32-,36-35-,39-38-,50-48-,52-27-,59-56-,68-65-. The van der Waals surface area contributed by atoms with Crippen LogP contribution in [0, 0.1) is 0 Å². The Morgan fingerprint density at radius 1 is 0.276 bits per heavy atom. The minimum atomic E-state index is -4.95. The quantitative estimate of drug-likeness (QED) is 0.0146. The van der Waals surface area contributed by atoms with E-state index >= 15 is 0 Å². The van der Waals surface area contributed by atoms with Crippen LogP contribution in [-0.2, 0) is 55.8 Å². The van der Waals surface area contributed by atoms with Crippen LogP contribution in [0.4, 0.5) is 0 Å². The van der Waals surface area contributed by atoms with Crippen LogP contribution < -0.4 is 0 Å². The molecule has 4 N–H and O–H groups in total. The number of carbonyl (C=O) groups excluding carboxylic acids is 3. The fraction of sp³-hybridized carbons (Fsp3) is 0.644. The number of esters is 3. The largest absolute Gasteiger partial charge is 0.472 e. The van der Waals surface area contributed by atoms with Gasteiger partial charge in [0.15, 0.2) is 6.10 Å². The topological polar surface area (TPSA) is 231 Å². The highest BCUT2D eigenvalue weighted by Gasteiger charge is 2.29. The minimum Gasteiger partial charge on any atom is -0.463 e. The predicted molar refractivity (Wildman–Crippen MR) is 435 cm³/mol. The lowest BCUT2D eigenvalue weighted by Crippen LogP contribution is -2.30. The first kappa shape index (κ1) is 99.9. The van der Waals surface area contributed by atoms with Crippen molar-refractivity contribution in [2.24, 2.45) is 0 Å². The third-order valence-electron chi connectivity index (χ3n) is 16.4. The summed E-state index contributed by atoms with van der Waals surface area (Å²) < 4.78 is 61.0. The molecule has 0 aliphatic rings. The summed E-state index contributed by atoms with van der Waals surface area (Å²) in [4.78, 5) is 58.6. The molecule has 5 atom stereocenters. The van der Waals surface area contributed by atoms with Crippen LogP contribution >= 0.6 is 15.6 Å². The molecule has 16 nitrogen and oxygen atoms in total. The van der Waals surface area contributed by atoms with E-state index in [0.717, 1.165) is 135 Å². The third-order valence-corrected chi connectivity index (χ3v) is 18.3. The second kappa shape index (κ2) is 78.5. The number of ether oxygens (including phenoxy) is 3. The molecule has 0 rings (SSSR count). The van der Waals surface area contributed by atoms with Gasteiger partial charge in [-0.2, -0.15) is 0 Å². The molecule has 105 heavy (non-hydrogen) atoms. The van der Waals surface area contributed by atoms with E-state index < -0.39 is 91.5 Å². The molecule has 598 valence electrons. The van der Waals surface area contributed by atoms with Gasteiger partial charge in [0.2, 0.25) is 0 Å². The zero-order valence-electron chi connectivity index (χ0n) is 65.3. The molecule has 0 saturated heterocycles. The second-order valence-electron chi connectivity index (χ2n) is 26.5. The van der Waals surface area contributed by atoms with E-state index in [1.54, 1.807) is 0 Å². The molecule has 0 aromatic carbocycles. The number of aliphatic hydroxyl groups is 2. The molecule has 0 aromatic heterocycles. The lowest BCUT2D eigenvalue weighted by Gasteiger charge is -2.21. The molecule has 0 amide bonds. The van der Waals surface area contributed by atoms with Gasteiger partial charge in [0, 0.05) is 19.3 Å². The van der Waals surface area contributed by atoms with Crippen molar-refractivity contribution in [3.05, 3.63) is 170 Å². The van der Waals surface area contributed by atoms with Gasteiger partial charge in [0.25, 0.3) is 0 Å². The van der Waals surface area contributed by atoms with Crippen LogP contribution in [0.2, 0.25) is 0 Å². The van der Waals surface area contributed by atoms with Crippen molar-refractivity contribution in [3.8, 4) is 0 Å². The number of hydrogen-bond donors (Lipinski definition) is 4. The molecule has 0 bridgehead atoms. The van der Waals surface area contributed by atoms with Crippen LogP contribution in [-0.4, -0.2) is 95.9 Å². The fourth-order valence-electron chi connectivity index (χ4n) is 10.3. The van der Waals surface area contributed by atoms with Crippen molar-refractivity contribution >= 4 is 33.6 Å². The lowest BCUT2D eigenvalue weighted by atomic mass is 10.0. The maximum absolute atomic E-state index is 12.9. The summed E-state index contributed by atoms with van der Waals surface area (Å²) in [5, 5.41) is 20.6. The third kappa shape index (κ3) is 79.8. The van der Waals surface area contributed by atoms with E-state index in [-0.39, 0.29) is 19.3 Å². The first-order chi connectivity index (χ1) is 51.2. The number of phosphoric ester groups is 2. The highest BCUT2D eigenvalue weighted by atomic mass is 31.2. The summed E-state index contributed by atoms with van der Waals surface area (Å²) in [6.45, 7) is 2.31. The number of aliphatic hydroxyl groups excluding tert-OH is 2. The monoisotopic (exact) mass is 1510 g/mol. The number of rotatable bonds is 75. The first-order valence-electron chi connectivity index (χ1n) is 40.4. The molecule has 0 aliphatic carbocycles. The molecule has 5 unspecified atom stereocenters. The van der Waals surface area contributed by atoms with Gasteiger partial charge in [-0.15, -0.1) is 0 Å². The number of phosphoric acid groups is 2. The van der Waals surface area contributed by atoms with Crippen molar-refractivity contribution < 1.29 is 75.8 Å². The van der Waals surface area contributed by atoms with Crippen molar-refractivity contribution in [3.63, 3.8) is 0 Å². The highest BCUT2D eigenvalue weighted by molar-refractivity contribution is 7.47. The van der Waals surface area contributed by atoms with Gasteiger partial charge >= 0.3 is 33.6 Å². The normalized spacial score (nSPS) is 14.8. The smallest absolute Gasteiger partial charge is 0.463 e. The Labute approximate surface area is 637 Å². The van der Waals surface area contributed by atoms with Gasteiger partial charge in [-0.25, -0.2) is 9.13 Å². The Morgan fingerprint density at radius 2 is 0.524 bits per heavy atom. The average Bonchev–Trinajstić information content (AvgIpc) is 0.942. The Hall–Kier alpha value is -5.09. The number of carbonyl (C=O) groups is 3. The number of hydrogen-bond acceptors (Lipinski definition) is 14. The maximum atomic E-state index is 12.9. The molecule has 0 spiro atoms. The molecular formula is C87H144O16P2. The Balaban J connectivity index is 4.47. The summed E-state index contributed by atoms with van der Waals surface area (Å²) in [5.41, 5.74) is 0. The lowest BCUT2D eigenvalue weighted by molar-refractivity contribution is -0.161. The van der Waals surface area contributed by atoms with Crippen molar-refractivity contribution in [2.45, 2.75) is 322 Å². The first-order valence-corrected chi connectivity index (χ1v) is 43.4. The summed E-state index contributed by atoms with van der Waals surface area (Å²) >= 11 is 0. The Bertz CT molecular complexity index is 2590.